The first-order valence-electron chi connectivity index (χ1n) is 8.75. The van der Waals surface area contributed by atoms with E-state index in [1.54, 1.807) is 39.3 Å². The fourth-order valence-corrected chi connectivity index (χ4v) is 2.42. The predicted octanol–water partition coefficient (Wildman–Crippen LogP) is 1.95. The Kier molecular flexibility index (Phi) is 7.95. The van der Waals surface area contributed by atoms with Gasteiger partial charge in [0.05, 0.1) is 20.6 Å². The van der Waals surface area contributed by atoms with Gasteiger partial charge in [-0.2, -0.15) is 5.10 Å². The van der Waals surface area contributed by atoms with Crippen LogP contribution in [0.4, 0.5) is 0 Å². The molecule has 1 aromatic carbocycles. The van der Waals surface area contributed by atoms with Crippen molar-refractivity contribution >= 4 is 17.5 Å². The van der Waals surface area contributed by atoms with E-state index in [1.807, 2.05) is 18.2 Å². The first-order chi connectivity index (χ1) is 13.5. The molecule has 0 aliphatic heterocycles. The molecule has 0 saturated carbocycles. The van der Waals surface area contributed by atoms with Gasteiger partial charge in [0.15, 0.2) is 11.5 Å². The summed E-state index contributed by atoms with van der Waals surface area (Å²) in [6.07, 6.45) is 2.27. The van der Waals surface area contributed by atoms with Gasteiger partial charge in [-0.3, -0.25) is 14.6 Å². The van der Waals surface area contributed by atoms with E-state index < -0.39 is 5.91 Å². The zero-order valence-corrected chi connectivity index (χ0v) is 16.2. The van der Waals surface area contributed by atoms with Crippen LogP contribution in [0.25, 0.3) is 0 Å². The number of nitrogens with one attached hydrogen (secondary N) is 2. The second-order valence-corrected chi connectivity index (χ2v) is 5.97. The van der Waals surface area contributed by atoms with Gasteiger partial charge in [-0.15, -0.1) is 0 Å². The van der Waals surface area contributed by atoms with Gasteiger partial charge in [0.25, 0.3) is 5.91 Å². The standard InChI is InChI=1S/C20H24N4O4/c1-14(23-24-20(26)16-6-4-5-10-21-16)12-19(25)22-11-9-15-7-8-17(27-2)18(13-15)28-3/h4-8,10,13H,9,11-12H2,1-3H3,(H,22,25)(H,24,26)/b23-14-. The van der Waals surface area contributed by atoms with Crippen molar-refractivity contribution in [2.75, 3.05) is 20.8 Å². The topological polar surface area (TPSA) is 102 Å². The van der Waals surface area contributed by atoms with Crippen LogP contribution in [0.15, 0.2) is 47.7 Å². The lowest BCUT2D eigenvalue weighted by Crippen LogP contribution is -2.28. The number of hydrogen-bond acceptors (Lipinski definition) is 6. The van der Waals surface area contributed by atoms with E-state index in [-0.39, 0.29) is 18.0 Å². The Hall–Kier alpha value is -3.42. The number of rotatable bonds is 9. The Morgan fingerprint density at radius 1 is 1.11 bits per heavy atom. The number of pyridine rings is 1. The summed E-state index contributed by atoms with van der Waals surface area (Å²) in [4.78, 5) is 27.8. The number of nitrogens with zero attached hydrogens (tertiary/aromatic N) is 2. The summed E-state index contributed by atoms with van der Waals surface area (Å²) in [6, 6.07) is 10.7. The van der Waals surface area contributed by atoms with E-state index in [1.165, 1.54) is 6.20 Å². The SMILES string of the molecule is COc1ccc(CCNC(=O)C/C(C)=N\NC(=O)c2ccccn2)cc1OC. The van der Waals surface area contributed by atoms with Crippen LogP contribution in [0.5, 0.6) is 11.5 Å². The van der Waals surface area contributed by atoms with Gasteiger partial charge >= 0.3 is 0 Å². The van der Waals surface area contributed by atoms with E-state index in [2.05, 4.69) is 20.8 Å². The molecule has 0 radical (unpaired) electrons. The monoisotopic (exact) mass is 384 g/mol. The molecule has 2 aromatic rings. The smallest absolute Gasteiger partial charge is 0.289 e. The van der Waals surface area contributed by atoms with Crippen molar-refractivity contribution in [3.8, 4) is 11.5 Å². The third kappa shape index (κ3) is 6.39. The van der Waals surface area contributed by atoms with Crippen LogP contribution in [0.2, 0.25) is 0 Å². The summed E-state index contributed by atoms with van der Waals surface area (Å²) >= 11 is 0. The molecular formula is C20H24N4O4. The highest BCUT2D eigenvalue weighted by Crippen LogP contribution is 2.27. The first-order valence-corrected chi connectivity index (χ1v) is 8.75. The fraction of sp³-hybridized carbons (Fsp3) is 0.300. The van der Waals surface area contributed by atoms with Gasteiger partial charge in [-0.1, -0.05) is 12.1 Å². The average molecular weight is 384 g/mol. The van der Waals surface area contributed by atoms with E-state index in [4.69, 9.17) is 9.47 Å². The summed E-state index contributed by atoms with van der Waals surface area (Å²) in [5, 5.41) is 6.76. The minimum Gasteiger partial charge on any atom is -0.493 e. The normalized spacial score (nSPS) is 10.9. The molecule has 0 aliphatic carbocycles. The molecule has 0 aliphatic rings. The largest absolute Gasteiger partial charge is 0.493 e. The maximum Gasteiger partial charge on any atom is 0.289 e. The average Bonchev–Trinajstić information content (AvgIpc) is 2.72. The summed E-state index contributed by atoms with van der Waals surface area (Å²) < 4.78 is 10.5. The first kappa shape index (κ1) is 20.9. The maximum absolute atomic E-state index is 12.0. The molecule has 1 heterocycles. The fourth-order valence-electron chi connectivity index (χ4n) is 2.42. The van der Waals surface area contributed by atoms with Gasteiger partial charge in [-0.05, 0) is 43.2 Å². The van der Waals surface area contributed by atoms with Crippen LogP contribution in [0, 0.1) is 0 Å². The zero-order valence-electron chi connectivity index (χ0n) is 16.2. The van der Waals surface area contributed by atoms with Gasteiger partial charge in [0, 0.05) is 18.5 Å². The Morgan fingerprint density at radius 2 is 1.89 bits per heavy atom. The predicted molar refractivity (Wildman–Crippen MR) is 106 cm³/mol. The van der Waals surface area contributed by atoms with Crippen molar-refractivity contribution in [2.24, 2.45) is 5.10 Å². The van der Waals surface area contributed by atoms with Crippen molar-refractivity contribution in [1.29, 1.82) is 0 Å². The number of carbonyl (C=O) groups excluding carboxylic acids is 2. The molecule has 148 valence electrons. The number of ether oxygens (including phenoxy) is 2. The summed E-state index contributed by atoms with van der Waals surface area (Å²) in [5.74, 6) is 0.718. The lowest BCUT2D eigenvalue weighted by Gasteiger charge is -2.10. The van der Waals surface area contributed by atoms with Crippen molar-refractivity contribution in [1.82, 2.24) is 15.7 Å². The zero-order chi connectivity index (χ0) is 20.4. The van der Waals surface area contributed by atoms with Gasteiger partial charge in [0.1, 0.15) is 5.69 Å². The Labute approximate surface area is 164 Å². The van der Waals surface area contributed by atoms with E-state index in [9.17, 15) is 9.59 Å². The number of benzene rings is 1. The van der Waals surface area contributed by atoms with E-state index in [0.717, 1.165) is 5.56 Å². The minimum atomic E-state index is -0.422. The molecule has 0 unspecified atom stereocenters. The second kappa shape index (κ2) is 10.7. The third-order valence-electron chi connectivity index (χ3n) is 3.85. The molecule has 2 rings (SSSR count). The molecule has 2 N–H and O–H groups in total. The molecular weight excluding hydrogens is 360 g/mol. The van der Waals surface area contributed by atoms with Crippen LogP contribution in [-0.2, 0) is 11.2 Å². The molecule has 0 spiro atoms. The van der Waals surface area contributed by atoms with Crippen molar-refractivity contribution in [2.45, 2.75) is 19.8 Å². The van der Waals surface area contributed by atoms with Gasteiger partial charge < -0.3 is 14.8 Å². The van der Waals surface area contributed by atoms with Crippen molar-refractivity contribution < 1.29 is 19.1 Å². The lowest BCUT2D eigenvalue weighted by molar-refractivity contribution is -0.119. The summed E-state index contributed by atoms with van der Waals surface area (Å²) in [6.45, 7) is 2.15. The van der Waals surface area contributed by atoms with Crippen molar-refractivity contribution in [3.63, 3.8) is 0 Å². The van der Waals surface area contributed by atoms with E-state index >= 15 is 0 Å². The molecule has 1 aromatic heterocycles. The molecule has 28 heavy (non-hydrogen) atoms. The van der Waals surface area contributed by atoms with Crippen LogP contribution in [0.3, 0.4) is 0 Å². The molecule has 0 bridgehead atoms. The number of carbonyl (C=O) groups is 2. The number of aromatic nitrogens is 1. The summed E-state index contributed by atoms with van der Waals surface area (Å²) in [5.41, 5.74) is 4.17. The van der Waals surface area contributed by atoms with Crippen LogP contribution in [-0.4, -0.2) is 43.3 Å². The number of amides is 2. The number of hydrazone groups is 1. The van der Waals surface area contributed by atoms with Crippen molar-refractivity contribution in [3.05, 3.63) is 53.9 Å². The minimum absolute atomic E-state index is 0.0917. The Balaban J connectivity index is 1.76. The highest BCUT2D eigenvalue weighted by atomic mass is 16.5. The second-order valence-electron chi connectivity index (χ2n) is 5.97. The van der Waals surface area contributed by atoms with Crippen LogP contribution in [0.1, 0.15) is 29.4 Å². The highest BCUT2D eigenvalue weighted by Gasteiger charge is 2.08. The molecule has 0 saturated heterocycles. The lowest BCUT2D eigenvalue weighted by atomic mass is 10.1. The maximum atomic E-state index is 12.0. The molecule has 2 amide bonds. The number of methoxy groups -OCH3 is 2. The molecule has 0 fully saturated rings. The molecule has 8 heteroatoms. The Morgan fingerprint density at radius 3 is 2.57 bits per heavy atom. The summed E-state index contributed by atoms with van der Waals surface area (Å²) in [7, 11) is 3.17. The molecule has 8 nitrogen and oxygen atoms in total. The number of hydrogen-bond donors (Lipinski definition) is 2. The highest BCUT2D eigenvalue weighted by molar-refractivity contribution is 6.00. The van der Waals surface area contributed by atoms with E-state index in [0.29, 0.717) is 30.2 Å². The third-order valence-corrected chi connectivity index (χ3v) is 3.85. The Bertz CT molecular complexity index is 837. The molecule has 0 atom stereocenters. The van der Waals surface area contributed by atoms with Crippen LogP contribution < -0.4 is 20.2 Å². The van der Waals surface area contributed by atoms with Gasteiger partial charge in [-0.25, -0.2) is 5.43 Å². The van der Waals surface area contributed by atoms with Crippen LogP contribution >= 0.6 is 0 Å². The van der Waals surface area contributed by atoms with Gasteiger partial charge in [0.2, 0.25) is 5.91 Å². The quantitative estimate of drug-likeness (QED) is 0.508.